The first-order valence-corrected chi connectivity index (χ1v) is 4.69. The van der Waals surface area contributed by atoms with Gasteiger partial charge in [0.15, 0.2) is 21.2 Å². The highest BCUT2D eigenvalue weighted by Gasteiger charge is 1.87. The van der Waals surface area contributed by atoms with Crippen molar-refractivity contribution in [2.24, 2.45) is 0 Å². The quantitative estimate of drug-likeness (QED) is 0.704. The number of benzene rings is 1. The molecule has 0 fully saturated rings. The van der Waals surface area contributed by atoms with Gasteiger partial charge in [-0.25, -0.2) is 0 Å². The summed E-state index contributed by atoms with van der Waals surface area (Å²) in [5.41, 5.74) is 0. The average molecular weight is 254 g/mol. The van der Waals surface area contributed by atoms with Crippen molar-refractivity contribution in [2.45, 2.75) is 0 Å². The van der Waals surface area contributed by atoms with E-state index in [2.05, 4.69) is 0 Å². The zero-order valence-corrected chi connectivity index (χ0v) is 7.39. The van der Waals surface area contributed by atoms with Crippen molar-refractivity contribution >= 4 is 32.8 Å². The minimum absolute atomic E-state index is 0.691. The molecule has 1 rings (SSSR count). The van der Waals surface area contributed by atoms with Crippen LogP contribution in [0.1, 0.15) is 0 Å². The van der Waals surface area contributed by atoms with Crippen LogP contribution in [0.15, 0.2) is 24.3 Å². The van der Waals surface area contributed by atoms with Gasteiger partial charge < -0.3 is 0 Å². The third kappa shape index (κ3) is 2.02. The van der Waals surface area contributed by atoms with Crippen molar-refractivity contribution < 1.29 is 3.07 Å². The molecular weight excluding hydrogens is 250 g/mol. The van der Waals surface area contributed by atoms with Gasteiger partial charge in [-0.3, -0.25) is 3.07 Å². The van der Waals surface area contributed by atoms with Crippen LogP contribution >= 0.6 is 32.8 Å². The summed E-state index contributed by atoms with van der Waals surface area (Å²) in [5, 5.41) is 0.691. The number of hydrogen-bond acceptors (Lipinski definition) is 1. The van der Waals surface area contributed by atoms with E-state index < -0.39 is 21.2 Å². The largest absolute Gasteiger partial charge is 0.265 e. The summed E-state index contributed by atoms with van der Waals surface area (Å²) in [4.78, 5) is 0. The Kier molecular flexibility index (Phi) is 2.60. The van der Waals surface area contributed by atoms with Crippen molar-refractivity contribution in [1.29, 1.82) is 0 Å². The SMILES string of the molecule is O=Ic1ccc(Cl)cc1. The first-order chi connectivity index (χ1) is 4.33. The highest BCUT2D eigenvalue weighted by Crippen LogP contribution is 2.13. The molecule has 0 unspecified atom stereocenters. The summed E-state index contributed by atoms with van der Waals surface area (Å²) in [6, 6.07) is 7.05. The summed E-state index contributed by atoms with van der Waals surface area (Å²) in [7, 11) is 0. The molecule has 9 heavy (non-hydrogen) atoms. The Morgan fingerprint density at radius 1 is 1.22 bits per heavy atom. The van der Waals surface area contributed by atoms with Gasteiger partial charge in [-0.15, -0.1) is 0 Å². The van der Waals surface area contributed by atoms with E-state index in [1.165, 1.54) is 0 Å². The topological polar surface area (TPSA) is 17.1 Å². The number of rotatable bonds is 1. The molecule has 0 heterocycles. The molecule has 0 spiro atoms. The van der Waals surface area contributed by atoms with Crippen LogP contribution in [0, 0.1) is 3.57 Å². The molecule has 0 radical (unpaired) electrons. The lowest BCUT2D eigenvalue weighted by atomic mass is 10.4. The molecule has 0 aliphatic heterocycles. The van der Waals surface area contributed by atoms with Gasteiger partial charge in [0.2, 0.25) is 0 Å². The van der Waals surface area contributed by atoms with Crippen LogP contribution in [-0.2, 0) is 3.07 Å². The minimum atomic E-state index is -1.01. The van der Waals surface area contributed by atoms with E-state index in [0.717, 1.165) is 3.57 Å². The van der Waals surface area contributed by atoms with E-state index in [1.54, 1.807) is 24.3 Å². The van der Waals surface area contributed by atoms with Gasteiger partial charge in [-0.05, 0) is 24.3 Å². The second kappa shape index (κ2) is 3.27. The van der Waals surface area contributed by atoms with Gasteiger partial charge in [-0.2, -0.15) is 0 Å². The lowest BCUT2D eigenvalue weighted by Gasteiger charge is -1.86. The van der Waals surface area contributed by atoms with Gasteiger partial charge in [0.05, 0.1) is 0 Å². The summed E-state index contributed by atoms with van der Waals surface area (Å²) >= 11 is 4.57. The van der Waals surface area contributed by atoms with E-state index in [9.17, 15) is 3.07 Å². The standard InChI is InChI=1S/C6H4ClIO/c7-5-1-3-6(8-9)4-2-5/h1-4H. The van der Waals surface area contributed by atoms with Crippen molar-refractivity contribution in [2.75, 3.05) is 0 Å². The van der Waals surface area contributed by atoms with E-state index in [1.807, 2.05) is 0 Å². The van der Waals surface area contributed by atoms with Crippen molar-refractivity contribution in [3.63, 3.8) is 0 Å². The minimum Gasteiger partial charge on any atom is -0.265 e. The Bertz CT molecular complexity index is 207. The fourth-order valence-corrected chi connectivity index (χ4v) is 1.26. The smallest absolute Gasteiger partial charge is 0.182 e. The van der Waals surface area contributed by atoms with Crippen LogP contribution in [0.4, 0.5) is 0 Å². The Labute approximate surface area is 68.7 Å². The van der Waals surface area contributed by atoms with E-state index in [-0.39, 0.29) is 0 Å². The number of halogens is 2. The van der Waals surface area contributed by atoms with E-state index in [4.69, 9.17) is 11.6 Å². The molecule has 1 aromatic carbocycles. The Hall–Kier alpha value is 0.0400. The third-order valence-corrected chi connectivity index (χ3v) is 2.37. The monoisotopic (exact) mass is 254 g/mol. The Morgan fingerprint density at radius 2 is 1.78 bits per heavy atom. The molecule has 1 nitrogen and oxygen atoms in total. The average Bonchev–Trinajstić information content (AvgIpc) is 1.90. The highest BCUT2D eigenvalue weighted by molar-refractivity contribution is 14.1. The van der Waals surface area contributed by atoms with Crippen molar-refractivity contribution in [3.05, 3.63) is 32.9 Å². The van der Waals surface area contributed by atoms with Gasteiger partial charge >= 0.3 is 0 Å². The Morgan fingerprint density at radius 3 is 2.22 bits per heavy atom. The maximum absolute atomic E-state index is 10.3. The number of hydrogen-bond donors (Lipinski definition) is 0. The van der Waals surface area contributed by atoms with Crippen LogP contribution < -0.4 is 0 Å². The van der Waals surface area contributed by atoms with Crippen LogP contribution in [0.5, 0.6) is 0 Å². The van der Waals surface area contributed by atoms with Crippen molar-refractivity contribution in [1.82, 2.24) is 0 Å². The zero-order valence-electron chi connectivity index (χ0n) is 4.47. The molecule has 0 atom stereocenters. The summed E-state index contributed by atoms with van der Waals surface area (Å²) in [6.07, 6.45) is 0. The molecule has 1 aromatic rings. The van der Waals surface area contributed by atoms with Gasteiger partial charge in [0.1, 0.15) is 0 Å². The van der Waals surface area contributed by atoms with E-state index in [0.29, 0.717) is 5.02 Å². The predicted molar refractivity (Wildman–Crippen MR) is 44.9 cm³/mol. The van der Waals surface area contributed by atoms with Gasteiger partial charge in [-0.1, -0.05) is 11.6 Å². The molecular formula is C6H4ClIO. The normalized spacial score (nSPS) is 9.44. The molecule has 0 N–H and O–H groups in total. The first-order valence-electron chi connectivity index (χ1n) is 2.35. The summed E-state index contributed by atoms with van der Waals surface area (Å²) in [5.74, 6) is 0. The molecule has 3 heteroatoms. The second-order valence-corrected chi connectivity index (χ2v) is 3.64. The first kappa shape index (κ1) is 7.15. The molecule has 0 saturated heterocycles. The van der Waals surface area contributed by atoms with Crippen LogP contribution in [-0.4, -0.2) is 0 Å². The molecule has 0 amide bonds. The summed E-state index contributed by atoms with van der Waals surface area (Å²) in [6.45, 7) is 0. The lowest BCUT2D eigenvalue weighted by Crippen LogP contribution is -1.66. The third-order valence-electron chi connectivity index (χ3n) is 0.893. The van der Waals surface area contributed by atoms with E-state index >= 15 is 0 Å². The zero-order chi connectivity index (χ0) is 6.69. The molecule has 0 bridgehead atoms. The van der Waals surface area contributed by atoms with Crippen LogP contribution in [0.3, 0.4) is 0 Å². The maximum Gasteiger partial charge on any atom is 0.182 e. The molecule has 0 aliphatic rings. The fourth-order valence-electron chi connectivity index (χ4n) is 0.481. The second-order valence-electron chi connectivity index (χ2n) is 1.51. The highest BCUT2D eigenvalue weighted by atomic mass is 127. The van der Waals surface area contributed by atoms with Crippen LogP contribution in [0.2, 0.25) is 5.02 Å². The van der Waals surface area contributed by atoms with Gasteiger partial charge in [0, 0.05) is 8.59 Å². The Balaban J connectivity index is 3.01. The predicted octanol–water partition coefficient (Wildman–Crippen LogP) is 2.83. The molecule has 0 aliphatic carbocycles. The van der Waals surface area contributed by atoms with Crippen LogP contribution in [0.25, 0.3) is 0 Å². The van der Waals surface area contributed by atoms with Crippen molar-refractivity contribution in [3.8, 4) is 0 Å². The lowest BCUT2D eigenvalue weighted by molar-refractivity contribution is 0.648. The molecule has 0 saturated carbocycles. The summed E-state index contributed by atoms with van der Waals surface area (Å²) < 4.78 is 11.2. The van der Waals surface area contributed by atoms with Gasteiger partial charge in [0.25, 0.3) is 0 Å². The fraction of sp³-hybridized carbons (Fsp3) is 0. The maximum atomic E-state index is 10.3. The molecule has 48 valence electrons. The molecule has 0 aromatic heterocycles.